The lowest BCUT2D eigenvalue weighted by Crippen LogP contribution is -2.37. The molecule has 0 aliphatic carbocycles. The normalized spacial score (nSPS) is 12.1. The highest BCUT2D eigenvalue weighted by Gasteiger charge is 2.27. The Balaban J connectivity index is 1.34. The van der Waals surface area contributed by atoms with E-state index in [2.05, 4.69) is 257 Å². The third-order valence-electron chi connectivity index (χ3n) is 13.1. The molecule has 0 radical (unpaired) electrons. The molecule has 0 N–H and O–H groups in total. The molecular weight excluding hydrogens is 805 g/mol. The summed E-state index contributed by atoms with van der Waals surface area (Å²) in [5, 5.41) is 10.4. The summed E-state index contributed by atoms with van der Waals surface area (Å²) in [5.41, 5.74) is 14.2. The van der Waals surface area contributed by atoms with Crippen molar-refractivity contribution in [2.24, 2.45) is 0 Å². The van der Waals surface area contributed by atoms with E-state index in [0.29, 0.717) is 0 Å². The maximum atomic E-state index is 2.49. The average molecular weight is 861 g/mol. The molecule has 10 rings (SSSR count). The molecule has 0 atom stereocenters. The Labute approximate surface area is 381 Å². The average Bonchev–Trinajstić information content (AvgIpc) is 3.30. The van der Waals surface area contributed by atoms with Crippen molar-refractivity contribution in [1.82, 2.24) is 0 Å². The molecule has 0 heterocycles. The smallest absolute Gasteiger partial charge is 0.0775 e. The summed E-state index contributed by atoms with van der Waals surface area (Å²) < 4.78 is 0. The molecule has 0 aromatic heterocycles. The van der Waals surface area contributed by atoms with E-state index in [-0.39, 0.29) is 0 Å². The molecule has 0 aliphatic rings. The van der Waals surface area contributed by atoms with Crippen molar-refractivity contribution in [2.45, 2.75) is 53.1 Å². The zero-order chi connectivity index (χ0) is 44.3. The Hall–Kier alpha value is -6.73. The van der Waals surface area contributed by atoms with Crippen molar-refractivity contribution in [2.75, 3.05) is 9.80 Å². The van der Waals surface area contributed by atoms with Crippen molar-refractivity contribution in [1.29, 1.82) is 0 Å². The number of nitrogens with zero attached hydrogens (tertiary/aromatic N) is 2. The van der Waals surface area contributed by atoms with Crippen molar-refractivity contribution in [3.05, 3.63) is 205 Å². The van der Waals surface area contributed by atoms with Crippen molar-refractivity contribution in [3.8, 4) is 22.3 Å². The van der Waals surface area contributed by atoms with Crippen LogP contribution >= 0.6 is 0 Å². The molecule has 0 amide bonds. The van der Waals surface area contributed by atoms with E-state index >= 15 is 0 Å². The Kier molecular flexibility index (Phi) is 10.4. The Bertz CT molecular complexity index is 3030. The SMILES string of the molecule is Cc1ccc(N(c2ccc([Si](C)(C)C)cc2)c2cc(-c3ccccc3)c3ccc4c(N(c5ccc(C)cc5)c5ccc([Si](C)(C)C)cc5)cc(-c5ccccc5)c5ccc2c3c54)cc1. The quantitative estimate of drug-likeness (QED) is 0.0998. The van der Waals surface area contributed by atoms with Crippen LogP contribution in [0.25, 0.3) is 54.6 Å². The summed E-state index contributed by atoms with van der Waals surface area (Å²) in [5.74, 6) is 0. The van der Waals surface area contributed by atoms with E-state index in [1.54, 1.807) is 0 Å². The molecule has 10 aromatic carbocycles. The molecule has 0 unspecified atom stereocenters. The lowest BCUT2D eigenvalue weighted by Gasteiger charge is -2.31. The van der Waals surface area contributed by atoms with Gasteiger partial charge in [-0.15, -0.1) is 0 Å². The molecule has 2 nitrogen and oxygen atoms in total. The van der Waals surface area contributed by atoms with Gasteiger partial charge in [-0.1, -0.05) is 194 Å². The van der Waals surface area contributed by atoms with E-state index in [0.717, 1.165) is 34.1 Å². The highest BCUT2D eigenvalue weighted by Crippen LogP contribution is 2.52. The van der Waals surface area contributed by atoms with Crippen LogP contribution in [-0.4, -0.2) is 16.1 Å². The van der Waals surface area contributed by atoms with Gasteiger partial charge in [-0.2, -0.15) is 0 Å². The van der Waals surface area contributed by atoms with Crippen LogP contribution in [0, 0.1) is 13.8 Å². The number of benzene rings is 10. The first-order valence-corrected chi connectivity index (χ1v) is 29.7. The van der Waals surface area contributed by atoms with Crippen LogP contribution in [0.4, 0.5) is 34.1 Å². The minimum atomic E-state index is -1.53. The molecule has 0 aliphatic heterocycles. The van der Waals surface area contributed by atoms with Gasteiger partial charge < -0.3 is 9.80 Å². The topological polar surface area (TPSA) is 6.48 Å². The monoisotopic (exact) mass is 860 g/mol. The highest BCUT2D eigenvalue weighted by atomic mass is 28.3. The molecule has 0 saturated heterocycles. The zero-order valence-electron chi connectivity index (χ0n) is 38.4. The maximum absolute atomic E-state index is 2.49. The van der Waals surface area contributed by atoms with Crippen LogP contribution in [0.5, 0.6) is 0 Å². The lowest BCUT2D eigenvalue weighted by atomic mass is 9.85. The fraction of sp³-hybridized carbons (Fsp3) is 0.133. The van der Waals surface area contributed by atoms with Gasteiger partial charge in [-0.25, -0.2) is 0 Å². The predicted molar refractivity (Wildman–Crippen MR) is 286 cm³/mol. The van der Waals surface area contributed by atoms with Gasteiger partial charge in [-0.3, -0.25) is 0 Å². The Morgan fingerprint density at radius 2 is 0.609 bits per heavy atom. The van der Waals surface area contributed by atoms with Crippen molar-refractivity contribution < 1.29 is 0 Å². The van der Waals surface area contributed by atoms with Gasteiger partial charge in [0.25, 0.3) is 0 Å². The second kappa shape index (κ2) is 16.1. The van der Waals surface area contributed by atoms with Crippen molar-refractivity contribution in [3.63, 3.8) is 0 Å². The fourth-order valence-electron chi connectivity index (χ4n) is 9.50. The second-order valence-electron chi connectivity index (χ2n) is 19.6. The van der Waals surface area contributed by atoms with Gasteiger partial charge in [0.1, 0.15) is 0 Å². The van der Waals surface area contributed by atoms with Gasteiger partial charge in [0.05, 0.1) is 27.5 Å². The van der Waals surface area contributed by atoms with E-state index in [1.165, 1.54) is 76.1 Å². The predicted octanol–water partition coefficient (Wildman–Crippen LogP) is 16.6. The molecule has 4 heteroatoms. The summed E-state index contributed by atoms with van der Waals surface area (Å²) in [6.45, 7) is 18.9. The number of anilines is 6. The van der Waals surface area contributed by atoms with E-state index in [1.807, 2.05) is 0 Å². The summed E-state index contributed by atoms with van der Waals surface area (Å²) in [6.07, 6.45) is 0. The largest absolute Gasteiger partial charge is 0.310 e. The number of rotatable bonds is 10. The van der Waals surface area contributed by atoms with Gasteiger partial charge in [-0.05, 0) is 108 Å². The van der Waals surface area contributed by atoms with Crippen LogP contribution < -0.4 is 20.2 Å². The second-order valence-corrected chi connectivity index (χ2v) is 29.8. The van der Waals surface area contributed by atoms with Crippen molar-refractivity contribution >= 4 is 93.0 Å². The summed E-state index contributed by atoms with van der Waals surface area (Å²) >= 11 is 0. The Morgan fingerprint density at radius 1 is 0.312 bits per heavy atom. The number of hydrogen-bond acceptors (Lipinski definition) is 2. The third-order valence-corrected chi connectivity index (χ3v) is 17.2. The standard InChI is InChI=1S/C60H56N2Si2/c1-41-19-23-45(24-20-41)61(47-27-31-49(32-28-47)63(3,4)5)57-39-55(43-15-11-9-12-16-43)51-36-38-54-58(40-56(44-17-13-10-14-18-44)52-35-37-53(57)59(51)60(52)54)62(46-25-21-42(2)22-26-46)48-29-33-50(34-30-48)64(6,7)8/h9-40H,1-8H3. The molecular formula is C60H56N2Si2. The Morgan fingerprint density at radius 3 is 0.922 bits per heavy atom. The number of aryl methyl sites for hydroxylation is 2. The highest BCUT2D eigenvalue weighted by molar-refractivity contribution is 6.89. The summed E-state index contributed by atoms with van der Waals surface area (Å²) in [4.78, 5) is 4.98. The van der Waals surface area contributed by atoms with Crippen LogP contribution in [0.3, 0.4) is 0 Å². The van der Waals surface area contributed by atoms with E-state index < -0.39 is 16.1 Å². The fourth-order valence-corrected chi connectivity index (χ4v) is 11.8. The van der Waals surface area contributed by atoms with Gasteiger partial charge in [0.2, 0.25) is 0 Å². The van der Waals surface area contributed by atoms with Gasteiger partial charge in [0, 0.05) is 44.3 Å². The first kappa shape index (κ1) is 41.3. The van der Waals surface area contributed by atoms with Gasteiger partial charge in [0.15, 0.2) is 0 Å². The maximum Gasteiger partial charge on any atom is 0.0775 e. The first-order valence-electron chi connectivity index (χ1n) is 22.7. The van der Waals surface area contributed by atoms with Crippen LogP contribution in [0.15, 0.2) is 194 Å². The van der Waals surface area contributed by atoms with E-state index in [9.17, 15) is 0 Å². The first-order chi connectivity index (χ1) is 30.8. The molecule has 0 fully saturated rings. The van der Waals surface area contributed by atoms with Crippen LogP contribution in [-0.2, 0) is 0 Å². The lowest BCUT2D eigenvalue weighted by molar-refractivity contribution is 1.29. The molecule has 10 aromatic rings. The van der Waals surface area contributed by atoms with Crippen LogP contribution in [0.1, 0.15) is 11.1 Å². The molecule has 0 bridgehead atoms. The molecule has 64 heavy (non-hydrogen) atoms. The minimum absolute atomic E-state index is 1.14. The van der Waals surface area contributed by atoms with Crippen LogP contribution in [0.2, 0.25) is 39.3 Å². The summed E-state index contributed by atoms with van der Waals surface area (Å²) in [7, 11) is -3.06. The van der Waals surface area contributed by atoms with E-state index in [4.69, 9.17) is 0 Å². The molecule has 314 valence electrons. The zero-order valence-corrected chi connectivity index (χ0v) is 40.4. The summed E-state index contributed by atoms with van der Waals surface area (Å²) in [6, 6.07) is 73.3. The number of hydrogen-bond donors (Lipinski definition) is 0. The van der Waals surface area contributed by atoms with Gasteiger partial charge >= 0.3 is 0 Å². The minimum Gasteiger partial charge on any atom is -0.310 e. The molecule has 0 saturated carbocycles. The third kappa shape index (κ3) is 7.51. The molecule has 0 spiro atoms.